The molecular weight excluding hydrogens is 346 g/mol. The van der Waals surface area contributed by atoms with Gasteiger partial charge in [-0.25, -0.2) is 0 Å². The van der Waals surface area contributed by atoms with Crippen LogP contribution in [0.1, 0.15) is 16.2 Å². The van der Waals surface area contributed by atoms with Crippen LogP contribution in [0.3, 0.4) is 0 Å². The highest BCUT2D eigenvalue weighted by Gasteiger charge is 2.14. The molecule has 3 aromatic rings. The normalized spacial score (nSPS) is 10.4. The number of rotatable bonds is 7. The lowest BCUT2D eigenvalue weighted by Crippen LogP contribution is -1.95. The molecule has 1 aromatic heterocycles. The van der Waals surface area contributed by atoms with Crippen LogP contribution in [-0.4, -0.2) is 21.4 Å². The van der Waals surface area contributed by atoms with Crippen LogP contribution in [0.25, 0.3) is 0 Å². The Bertz CT molecular complexity index is 898. The van der Waals surface area contributed by atoms with E-state index in [1.165, 1.54) is 18.2 Å². The molecule has 0 fully saturated rings. The lowest BCUT2D eigenvalue weighted by Gasteiger charge is -2.02. The first-order chi connectivity index (χ1) is 12.2. The number of benzene rings is 2. The first kappa shape index (κ1) is 16.7. The van der Waals surface area contributed by atoms with Crippen LogP contribution in [0.2, 0.25) is 0 Å². The number of para-hydroxylation sites is 1. The third-order valence-corrected chi connectivity index (χ3v) is 4.01. The second-order valence-electron chi connectivity index (χ2n) is 4.76. The Hall–Kier alpha value is -3.20. The summed E-state index contributed by atoms with van der Waals surface area (Å²) in [4.78, 5) is 21.8. The number of aldehydes is 1. The molecule has 126 valence electrons. The van der Waals surface area contributed by atoms with Crippen molar-refractivity contribution in [3.63, 3.8) is 0 Å². The van der Waals surface area contributed by atoms with E-state index in [2.05, 4.69) is 10.2 Å². The van der Waals surface area contributed by atoms with Gasteiger partial charge in [0.2, 0.25) is 0 Å². The summed E-state index contributed by atoms with van der Waals surface area (Å²) >= 11 is 1.05. The predicted octanol–water partition coefficient (Wildman–Crippen LogP) is 3.52. The van der Waals surface area contributed by atoms with E-state index in [0.29, 0.717) is 16.9 Å². The number of nitro groups is 1. The van der Waals surface area contributed by atoms with Gasteiger partial charge in [-0.3, -0.25) is 14.9 Å². The second-order valence-corrected chi connectivity index (χ2v) is 5.76. The van der Waals surface area contributed by atoms with Crippen molar-refractivity contribution in [1.29, 1.82) is 0 Å². The minimum absolute atomic E-state index is 0.109. The SMILES string of the molecule is O=Cc1cc([N+](=O)[O-])ccc1Sc1nnc(COc2ccccc2)o1. The summed E-state index contributed by atoms with van der Waals surface area (Å²) in [5.41, 5.74) is 0.0217. The van der Waals surface area contributed by atoms with Gasteiger partial charge in [-0.15, -0.1) is 10.2 Å². The van der Waals surface area contributed by atoms with E-state index in [9.17, 15) is 14.9 Å². The maximum absolute atomic E-state index is 11.1. The highest BCUT2D eigenvalue weighted by atomic mass is 32.2. The maximum atomic E-state index is 11.1. The number of aromatic nitrogens is 2. The number of carbonyl (C=O) groups is 1. The summed E-state index contributed by atoms with van der Waals surface area (Å²) in [5.74, 6) is 0.953. The van der Waals surface area contributed by atoms with Gasteiger partial charge in [0.25, 0.3) is 16.8 Å². The van der Waals surface area contributed by atoms with Crippen molar-refractivity contribution in [3.05, 3.63) is 70.1 Å². The van der Waals surface area contributed by atoms with Crippen molar-refractivity contribution in [2.75, 3.05) is 0 Å². The Kier molecular flexibility index (Phi) is 5.05. The fraction of sp³-hybridized carbons (Fsp3) is 0.0625. The third kappa shape index (κ3) is 4.21. The van der Waals surface area contributed by atoms with Crippen molar-refractivity contribution in [3.8, 4) is 5.75 Å². The molecule has 0 saturated heterocycles. The molecular formula is C16H11N3O5S. The van der Waals surface area contributed by atoms with E-state index < -0.39 is 4.92 Å². The summed E-state index contributed by atoms with van der Waals surface area (Å²) in [6, 6.07) is 13.2. The van der Waals surface area contributed by atoms with Gasteiger partial charge in [0.15, 0.2) is 12.9 Å². The van der Waals surface area contributed by atoms with Crippen molar-refractivity contribution >= 4 is 23.7 Å². The Labute approximate surface area is 146 Å². The predicted molar refractivity (Wildman–Crippen MR) is 87.7 cm³/mol. The summed E-state index contributed by atoms with van der Waals surface area (Å²) in [6.45, 7) is 0.109. The number of ether oxygens (including phenoxy) is 1. The fourth-order valence-electron chi connectivity index (χ4n) is 1.93. The quantitative estimate of drug-likeness (QED) is 0.359. The molecule has 0 unspecified atom stereocenters. The minimum atomic E-state index is -0.562. The first-order valence-corrected chi connectivity index (χ1v) is 7.89. The van der Waals surface area contributed by atoms with Gasteiger partial charge in [0, 0.05) is 22.6 Å². The zero-order chi connectivity index (χ0) is 17.6. The van der Waals surface area contributed by atoms with E-state index in [1.807, 2.05) is 18.2 Å². The van der Waals surface area contributed by atoms with Crippen LogP contribution in [-0.2, 0) is 6.61 Å². The largest absolute Gasteiger partial charge is 0.484 e. The molecule has 0 amide bonds. The van der Waals surface area contributed by atoms with E-state index in [4.69, 9.17) is 9.15 Å². The molecule has 0 aliphatic rings. The van der Waals surface area contributed by atoms with Crippen molar-refractivity contribution < 1.29 is 18.9 Å². The third-order valence-electron chi connectivity index (χ3n) is 3.08. The maximum Gasteiger partial charge on any atom is 0.281 e. The van der Waals surface area contributed by atoms with Gasteiger partial charge in [0.05, 0.1) is 4.92 Å². The molecule has 0 aliphatic heterocycles. The molecule has 8 nitrogen and oxygen atoms in total. The minimum Gasteiger partial charge on any atom is -0.484 e. The van der Waals surface area contributed by atoms with Crippen LogP contribution < -0.4 is 4.74 Å². The number of nitrogens with zero attached hydrogens (tertiary/aromatic N) is 3. The summed E-state index contributed by atoms with van der Waals surface area (Å²) in [6.07, 6.45) is 0.547. The lowest BCUT2D eigenvalue weighted by atomic mass is 10.2. The van der Waals surface area contributed by atoms with E-state index in [0.717, 1.165) is 11.8 Å². The Balaban J connectivity index is 1.69. The number of nitro benzene ring substituents is 1. The first-order valence-electron chi connectivity index (χ1n) is 7.07. The smallest absolute Gasteiger partial charge is 0.281 e. The van der Waals surface area contributed by atoms with Gasteiger partial charge in [0.1, 0.15) is 5.75 Å². The summed E-state index contributed by atoms with van der Waals surface area (Å²) < 4.78 is 11.0. The standard InChI is InChI=1S/C16H11N3O5S/c20-9-11-8-12(19(21)22)6-7-14(11)25-16-18-17-15(24-16)10-23-13-4-2-1-3-5-13/h1-9H,10H2. The molecule has 2 aromatic carbocycles. The Morgan fingerprint density at radius 2 is 2.00 bits per heavy atom. The molecule has 0 saturated carbocycles. The average molecular weight is 357 g/mol. The molecule has 0 spiro atoms. The summed E-state index contributed by atoms with van der Waals surface area (Å²) in [7, 11) is 0. The molecule has 3 rings (SSSR count). The fourth-order valence-corrected chi connectivity index (χ4v) is 2.70. The van der Waals surface area contributed by atoms with Gasteiger partial charge >= 0.3 is 0 Å². The van der Waals surface area contributed by atoms with E-state index in [1.54, 1.807) is 12.1 Å². The van der Waals surface area contributed by atoms with Gasteiger partial charge in [-0.2, -0.15) is 0 Å². The topological polar surface area (TPSA) is 108 Å². The van der Waals surface area contributed by atoms with Crippen LogP contribution >= 0.6 is 11.8 Å². The van der Waals surface area contributed by atoms with Crippen molar-refractivity contribution in [2.45, 2.75) is 16.7 Å². The van der Waals surface area contributed by atoms with Crippen LogP contribution in [0.15, 0.2) is 63.1 Å². The zero-order valence-electron chi connectivity index (χ0n) is 12.7. The number of hydrogen-bond donors (Lipinski definition) is 0. The Morgan fingerprint density at radius 1 is 1.20 bits per heavy atom. The molecule has 0 N–H and O–H groups in total. The molecule has 0 bridgehead atoms. The Morgan fingerprint density at radius 3 is 2.72 bits per heavy atom. The molecule has 1 heterocycles. The molecule has 0 atom stereocenters. The van der Waals surface area contributed by atoms with Crippen molar-refractivity contribution in [1.82, 2.24) is 10.2 Å². The molecule has 0 aliphatic carbocycles. The van der Waals surface area contributed by atoms with E-state index in [-0.39, 0.29) is 29.0 Å². The number of carbonyl (C=O) groups excluding carboxylic acids is 1. The van der Waals surface area contributed by atoms with Crippen LogP contribution in [0, 0.1) is 10.1 Å². The van der Waals surface area contributed by atoms with Gasteiger partial charge < -0.3 is 9.15 Å². The van der Waals surface area contributed by atoms with Crippen LogP contribution in [0.4, 0.5) is 5.69 Å². The van der Waals surface area contributed by atoms with Gasteiger partial charge in [-0.05, 0) is 30.0 Å². The molecule has 0 radical (unpaired) electrons. The molecule has 9 heteroatoms. The van der Waals surface area contributed by atoms with E-state index >= 15 is 0 Å². The highest BCUT2D eigenvalue weighted by Crippen LogP contribution is 2.31. The summed E-state index contributed by atoms with van der Waals surface area (Å²) in [5, 5.41) is 18.7. The lowest BCUT2D eigenvalue weighted by molar-refractivity contribution is -0.384. The van der Waals surface area contributed by atoms with Crippen molar-refractivity contribution in [2.24, 2.45) is 0 Å². The van der Waals surface area contributed by atoms with Crippen LogP contribution in [0.5, 0.6) is 5.75 Å². The zero-order valence-corrected chi connectivity index (χ0v) is 13.5. The monoisotopic (exact) mass is 357 g/mol. The molecule has 25 heavy (non-hydrogen) atoms. The number of hydrogen-bond acceptors (Lipinski definition) is 8. The average Bonchev–Trinajstić information content (AvgIpc) is 3.08. The second kappa shape index (κ2) is 7.58. The van der Waals surface area contributed by atoms with Gasteiger partial charge in [-0.1, -0.05) is 18.2 Å². The highest BCUT2D eigenvalue weighted by molar-refractivity contribution is 7.99. The number of non-ortho nitro benzene ring substituents is 1.